The highest BCUT2D eigenvalue weighted by Gasteiger charge is 2.26. The average molecular weight is 340 g/mol. The van der Waals surface area contributed by atoms with Crippen LogP contribution in [0, 0.1) is 0 Å². The van der Waals surface area contributed by atoms with E-state index in [1.54, 1.807) is 20.8 Å². The fourth-order valence-electron chi connectivity index (χ4n) is 2.21. The maximum atomic E-state index is 12.2. The highest BCUT2D eigenvalue weighted by molar-refractivity contribution is 5.67. The summed E-state index contributed by atoms with van der Waals surface area (Å²) in [7, 11) is 0. The number of carbonyl (C=O) groups excluding carboxylic acids is 1. The van der Waals surface area contributed by atoms with Crippen molar-refractivity contribution < 1.29 is 22.7 Å². The maximum Gasteiger partial charge on any atom is 0.407 e. The first-order valence-corrected chi connectivity index (χ1v) is 8.22. The minimum absolute atomic E-state index is 0.0217. The van der Waals surface area contributed by atoms with E-state index in [1.807, 2.05) is 13.8 Å². The summed E-state index contributed by atoms with van der Waals surface area (Å²) in [6, 6.07) is -0.0114. The van der Waals surface area contributed by atoms with Crippen LogP contribution in [0.2, 0.25) is 0 Å². The second-order valence-electron chi connectivity index (χ2n) is 6.94. The zero-order valence-electron chi connectivity index (χ0n) is 14.8. The largest absolute Gasteiger partial charge is 0.444 e. The Morgan fingerprint density at radius 3 is 2.26 bits per heavy atom. The maximum absolute atomic E-state index is 12.2. The van der Waals surface area contributed by atoms with Crippen LogP contribution in [0.25, 0.3) is 0 Å². The highest BCUT2D eigenvalue weighted by atomic mass is 19.4. The summed E-state index contributed by atoms with van der Waals surface area (Å²) in [4.78, 5) is 11.6. The average Bonchev–Trinajstić information content (AvgIpc) is 2.32. The predicted molar refractivity (Wildman–Crippen MR) is 85.4 cm³/mol. The second kappa shape index (κ2) is 10.0. The summed E-state index contributed by atoms with van der Waals surface area (Å²) in [5.41, 5.74) is -0.553. The Bertz CT molecular complexity index is 341. The van der Waals surface area contributed by atoms with E-state index in [9.17, 15) is 18.0 Å². The molecule has 2 atom stereocenters. The number of hydrogen-bond acceptors (Lipinski definition) is 3. The topological polar surface area (TPSA) is 50.4 Å². The van der Waals surface area contributed by atoms with Gasteiger partial charge in [-0.25, -0.2) is 4.79 Å². The van der Waals surface area contributed by atoms with Crippen LogP contribution in [-0.4, -0.2) is 36.5 Å². The molecule has 0 aromatic carbocycles. The summed E-state index contributed by atoms with van der Waals surface area (Å²) in [5, 5.41) is 5.99. The quantitative estimate of drug-likeness (QED) is 0.654. The third kappa shape index (κ3) is 14.3. The number of alkyl carbamates (subject to hydrolysis) is 1. The van der Waals surface area contributed by atoms with Crippen LogP contribution < -0.4 is 10.6 Å². The van der Waals surface area contributed by atoms with Crippen molar-refractivity contribution in [2.45, 2.75) is 90.6 Å². The molecule has 0 bridgehead atoms. The Labute approximate surface area is 137 Å². The lowest BCUT2D eigenvalue weighted by Crippen LogP contribution is -2.45. The molecule has 138 valence electrons. The fraction of sp³-hybridized carbons (Fsp3) is 0.938. The molecular formula is C16H31F3N2O2. The van der Waals surface area contributed by atoms with E-state index in [-0.39, 0.29) is 18.5 Å². The number of hydrogen-bond donors (Lipinski definition) is 2. The van der Waals surface area contributed by atoms with Crippen molar-refractivity contribution in [2.24, 2.45) is 0 Å². The van der Waals surface area contributed by atoms with Crippen LogP contribution in [0.4, 0.5) is 18.0 Å². The predicted octanol–water partition coefficient (Wildman–Crippen LogP) is 4.39. The zero-order chi connectivity index (χ0) is 18.1. The molecular weight excluding hydrogens is 309 g/mol. The normalized spacial score (nSPS) is 15.1. The molecule has 0 spiro atoms. The molecule has 0 radical (unpaired) electrons. The third-order valence-corrected chi connectivity index (χ3v) is 3.15. The van der Waals surface area contributed by atoms with Gasteiger partial charge in [-0.05, 0) is 47.0 Å². The van der Waals surface area contributed by atoms with Crippen LogP contribution in [0.5, 0.6) is 0 Å². The second-order valence-corrected chi connectivity index (χ2v) is 6.94. The first-order valence-electron chi connectivity index (χ1n) is 8.22. The van der Waals surface area contributed by atoms with E-state index in [0.29, 0.717) is 13.0 Å². The van der Waals surface area contributed by atoms with Crippen LogP contribution in [-0.2, 0) is 4.74 Å². The molecule has 0 fully saturated rings. The van der Waals surface area contributed by atoms with Crippen LogP contribution in [0.15, 0.2) is 0 Å². The van der Waals surface area contributed by atoms with Crippen molar-refractivity contribution in [1.29, 1.82) is 0 Å². The van der Waals surface area contributed by atoms with Gasteiger partial charge in [0.05, 0.1) is 0 Å². The van der Waals surface area contributed by atoms with Gasteiger partial charge in [0.25, 0.3) is 0 Å². The van der Waals surface area contributed by atoms with Crippen molar-refractivity contribution in [3.8, 4) is 0 Å². The lowest BCUT2D eigenvalue weighted by atomic mass is 10.1. The van der Waals surface area contributed by atoms with E-state index in [4.69, 9.17) is 4.74 Å². The van der Waals surface area contributed by atoms with Crippen molar-refractivity contribution in [2.75, 3.05) is 6.54 Å². The number of alkyl halides is 3. The molecule has 1 amide bonds. The van der Waals surface area contributed by atoms with E-state index in [0.717, 1.165) is 12.8 Å². The highest BCUT2D eigenvalue weighted by Crippen LogP contribution is 2.22. The lowest BCUT2D eigenvalue weighted by Gasteiger charge is -2.25. The van der Waals surface area contributed by atoms with Gasteiger partial charge in [-0.3, -0.25) is 0 Å². The van der Waals surface area contributed by atoms with Crippen LogP contribution in [0.1, 0.15) is 66.7 Å². The first-order chi connectivity index (χ1) is 10.4. The minimum atomic E-state index is -4.10. The number of ether oxygens (including phenoxy) is 1. The monoisotopic (exact) mass is 340 g/mol. The Kier molecular flexibility index (Phi) is 9.58. The molecule has 2 N–H and O–H groups in total. The van der Waals surface area contributed by atoms with Gasteiger partial charge in [0.1, 0.15) is 5.60 Å². The van der Waals surface area contributed by atoms with Gasteiger partial charge in [0.15, 0.2) is 0 Å². The molecule has 7 heteroatoms. The van der Waals surface area contributed by atoms with E-state index >= 15 is 0 Å². The number of rotatable bonds is 9. The Morgan fingerprint density at radius 1 is 1.17 bits per heavy atom. The molecule has 23 heavy (non-hydrogen) atoms. The lowest BCUT2D eigenvalue weighted by molar-refractivity contribution is -0.135. The number of halogens is 3. The standard InChI is InChI=1S/C16H31F3N2O2/c1-6-8-13(11-20-14(22)23-15(3,4)5)21-12(2)9-7-10-16(17,18)19/h12-13,21H,6-11H2,1-5H3,(H,20,22). The van der Waals surface area contributed by atoms with Gasteiger partial charge >= 0.3 is 12.3 Å². The van der Waals surface area contributed by atoms with Gasteiger partial charge in [0, 0.05) is 25.0 Å². The molecule has 0 rings (SSSR count). The van der Waals surface area contributed by atoms with Gasteiger partial charge in [-0.1, -0.05) is 13.3 Å². The molecule has 0 saturated carbocycles. The molecule has 0 aliphatic heterocycles. The fourth-order valence-corrected chi connectivity index (χ4v) is 2.21. The molecule has 0 aromatic rings. The van der Waals surface area contributed by atoms with E-state index in [2.05, 4.69) is 10.6 Å². The van der Waals surface area contributed by atoms with Crippen molar-refractivity contribution in [3.63, 3.8) is 0 Å². The molecule has 2 unspecified atom stereocenters. The van der Waals surface area contributed by atoms with Gasteiger partial charge in [0.2, 0.25) is 0 Å². The number of amides is 1. The van der Waals surface area contributed by atoms with Crippen molar-refractivity contribution in [3.05, 3.63) is 0 Å². The number of carbonyl (C=O) groups is 1. The smallest absolute Gasteiger partial charge is 0.407 e. The SMILES string of the molecule is CCCC(CNC(=O)OC(C)(C)C)NC(C)CCCC(F)(F)F. The summed E-state index contributed by atoms with van der Waals surface area (Å²) >= 11 is 0. The van der Waals surface area contributed by atoms with Gasteiger partial charge in [-0.15, -0.1) is 0 Å². The summed E-state index contributed by atoms with van der Waals surface area (Å²) in [6.45, 7) is 9.65. The molecule has 0 heterocycles. The molecule has 0 aliphatic carbocycles. The zero-order valence-corrected chi connectivity index (χ0v) is 14.8. The van der Waals surface area contributed by atoms with Crippen LogP contribution >= 0.6 is 0 Å². The van der Waals surface area contributed by atoms with E-state index in [1.165, 1.54) is 0 Å². The minimum Gasteiger partial charge on any atom is -0.444 e. The summed E-state index contributed by atoms with van der Waals surface area (Å²) in [5.74, 6) is 0. The number of nitrogens with one attached hydrogen (secondary N) is 2. The Morgan fingerprint density at radius 2 is 1.78 bits per heavy atom. The Hall–Kier alpha value is -0.980. The molecule has 0 aromatic heterocycles. The molecule has 0 saturated heterocycles. The molecule has 0 aliphatic rings. The summed E-state index contributed by atoms with van der Waals surface area (Å²) in [6.07, 6.45) is -3.02. The third-order valence-electron chi connectivity index (χ3n) is 3.15. The van der Waals surface area contributed by atoms with Gasteiger partial charge < -0.3 is 15.4 Å². The van der Waals surface area contributed by atoms with Gasteiger partial charge in [-0.2, -0.15) is 13.2 Å². The summed E-state index contributed by atoms with van der Waals surface area (Å²) < 4.78 is 41.6. The van der Waals surface area contributed by atoms with Crippen molar-refractivity contribution >= 4 is 6.09 Å². The van der Waals surface area contributed by atoms with E-state index < -0.39 is 24.3 Å². The van der Waals surface area contributed by atoms with Crippen molar-refractivity contribution in [1.82, 2.24) is 10.6 Å². The first kappa shape index (κ1) is 22.0. The molecule has 4 nitrogen and oxygen atoms in total. The Balaban J connectivity index is 4.17. The van der Waals surface area contributed by atoms with Crippen LogP contribution in [0.3, 0.4) is 0 Å².